The monoisotopic (exact) mass is 258 g/mol. The number of carbonyl (C=O) groups excluding carboxylic acids is 1. The Hall–Kier alpha value is -0.710. The molecule has 17 heavy (non-hydrogen) atoms. The third-order valence-corrected chi connectivity index (χ3v) is 5.67. The van der Waals surface area contributed by atoms with E-state index in [0.29, 0.717) is 31.1 Å². The lowest BCUT2D eigenvalue weighted by atomic mass is 10.0. The highest BCUT2D eigenvalue weighted by Crippen LogP contribution is 2.33. The van der Waals surface area contributed by atoms with E-state index in [-0.39, 0.29) is 12.1 Å². The standard InChI is InChI=1S/C11H18N2O3S/c1-9-6-11(12-8-14)4-5-13(9)17(15,16)7-10-2-3-10/h9-11H,2-7H2,1H3. The quantitative estimate of drug-likeness (QED) is 0.556. The molecule has 0 aromatic heterocycles. The van der Waals surface area contributed by atoms with Gasteiger partial charge in [0.2, 0.25) is 16.1 Å². The Kier molecular flexibility index (Phi) is 3.66. The molecule has 0 radical (unpaired) electrons. The highest BCUT2D eigenvalue weighted by Gasteiger charge is 2.37. The zero-order valence-corrected chi connectivity index (χ0v) is 10.8. The van der Waals surface area contributed by atoms with Gasteiger partial charge in [-0.05, 0) is 38.5 Å². The minimum Gasteiger partial charge on any atom is -0.212 e. The van der Waals surface area contributed by atoms with Crippen LogP contribution in [0.25, 0.3) is 0 Å². The number of rotatable bonds is 4. The molecule has 0 amide bonds. The summed E-state index contributed by atoms with van der Waals surface area (Å²) in [7, 11) is -3.11. The van der Waals surface area contributed by atoms with Gasteiger partial charge in [0.25, 0.3) is 0 Å². The van der Waals surface area contributed by atoms with E-state index >= 15 is 0 Å². The molecule has 0 bridgehead atoms. The van der Waals surface area contributed by atoms with Crippen LogP contribution in [0.3, 0.4) is 0 Å². The summed E-state index contributed by atoms with van der Waals surface area (Å²) < 4.78 is 25.8. The van der Waals surface area contributed by atoms with Crippen LogP contribution in [0, 0.1) is 5.92 Å². The lowest BCUT2D eigenvalue weighted by Gasteiger charge is -2.34. The van der Waals surface area contributed by atoms with Crippen molar-refractivity contribution >= 4 is 16.1 Å². The van der Waals surface area contributed by atoms with Crippen LogP contribution in [0.4, 0.5) is 0 Å². The Bertz CT molecular complexity index is 424. The first-order valence-electron chi connectivity index (χ1n) is 6.09. The molecule has 1 aliphatic carbocycles. The number of hydrogen-bond donors (Lipinski definition) is 0. The molecular weight excluding hydrogens is 240 g/mol. The van der Waals surface area contributed by atoms with Crippen LogP contribution < -0.4 is 0 Å². The van der Waals surface area contributed by atoms with Crippen molar-refractivity contribution in [2.75, 3.05) is 12.3 Å². The minimum atomic E-state index is -3.11. The first kappa shape index (κ1) is 12.7. The first-order valence-corrected chi connectivity index (χ1v) is 7.70. The van der Waals surface area contributed by atoms with E-state index in [0.717, 1.165) is 12.8 Å². The van der Waals surface area contributed by atoms with Gasteiger partial charge < -0.3 is 0 Å². The Morgan fingerprint density at radius 3 is 2.59 bits per heavy atom. The van der Waals surface area contributed by atoms with E-state index in [4.69, 9.17) is 0 Å². The van der Waals surface area contributed by atoms with E-state index in [1.165, 1.54) is 0 Å². The second-order valence-corrected chi connectivity index (χ2v) is 7.05. The fourth-order valence-electron chi connectivity index (χ4n) is 2.41. The van der Waals surface area contributed by atoms with Crippen molar-refractivity contribution in [3.8, 4) is 0 Å². The zero-order valence-electron chi connectivity index (χ0n) is 10.0. The molecule has 2 aliphatic rings. The van der Waals surface area contributed by atoms with Gasteiger partial charge in [0.15, 0.2) is 0 Å². The molecule has 1 saturated heterocycles. The van der Waals surface area contributed by atoms with Crippen molar-refractivity contribution in [3.63, 3.8) is 0 Å². The highest BCUT2D eigenvalue weighted by molar-refractivity contribution is 7.89. The Morgan fingerprint density at radius 1 is 1.35 bits per heavy atom. The SMILES string of the molecule is CC1CC(N=C=O)CCN1S(=O)(=O)CC1CC1. The van der Waals surface area contributed by atoms with Gasteiger partial charge in [-0.15, -0.1) is 0 Å². The van der Waals surface area contributed by atoms with Crippen molar-refractivity contribution in [1.82, 2.24) is 4.31 Å². The van der Waals surface area contributed by atoms with Crippen LogP contribution in [0.1, 0.15) is 32.6 Å². The van der Waals surface area contributed by atoms with E-state index in [1.54, 1.807) is 10.4 Å². The van der Waals surface area contributed by atoms with Crippen LogP contribution in [-0.4, -0.2) is 43.2 Å². The third-order valence-electron chi connectivity index (χ3n) is 3.52. The molecule has 1 saturated carbocycles. The largest absolute Gasteiger partial charge is 0.235 e. The third kappa shape index (κ3) is 3.15. The van der Waals surface area contributed by atoms with Crippen LogP contribution in [0.2, 0.25) is 0 Å². The van der Waals surface area contributed by atoms with Crippen LogP contribution in [0.15, 0.2) is 4.99 Å². The summed E-state index contributed by atoms with van der Waals surface area (Å²) in [5.41, 5.74) is 0. The second-order valence-electron chi connectivity index (χ2n) is 5.08. The summed E-state index contributed by atoms with van der Waals surface area (Å²) in [6, 6.07) is -0.121. The minimum absolute atomic E-state index is 0.0603. The summed E-state index contributed by atoms with van der Waals surface area (Å²) in [4.78, 5) is 13.9. The van der Waals surface area contributed by atoms with Gasteiger partial charge in [-0.2, -0.15) is 4.31 Å². The van der Waals surface area contributed by atoms with Crippen molar-refractivity contribution in [2.45, 2.75) is 44.7 Å². The average molecular weight is 258 g/mol. The summed E-state index contributed by atoms with van der Waals surface area (Å²) in [6.45, 7) is 2.36. The smallest absolute Gasteiger partial charge is 0.212 e. The van der Waals surface area contributed by atoms with E-state index in [2.05, 4.69) is 4.99 Å². The molecule has 1 heterocycles. The van der Waals surface area contributed by atoms with E-state index in [9.17, 15) is 13.2 Å². The van der Waals surface area contributed by atoms with Crippen molar-refractivity contribution < 1.29 is 13.2 Å². The molecular formula is C11H18N2O3S. The van der Waals surface area contributed by atoms with Gasteiger partial charge in [0.05, 0.1) is 11.8 Å². The lowest BCUT2D eigenvalue weighted by Crippen LogP contribution is -2.46. The van der Waals surface area contributed by atoms with Gasteiger partial charge >= 0.3 is 0 Å². The molecule has 2 rings (SSSR count). The number of aliphatic imine (C=N–C) groups is 1. The van der Waals surface area contributed by atoms with E-state index in [1.807, 2.05) is 6.92 Å². The normalized spacial score (nSPS) is 30.9. The van der Waals surface area contributed by atoms with Crippen LogP contribution >= 0.6 is 0 Å². The summed E-state index contributed by atoms with van der Waals surface area (Å²) in [5.74, 6) is 0.664. The van der Waals surface area contributed by atoms with Gasteiger partial charge in [0, 0.05) is 12.6 Å². The predicted octanol–water partition coefficient (Wildman–Crippen LogP) is 0.915. The molecule has 2 unspecified atom stereocenters. The molecule has 2 atom stereocenters. The maximum atomic E-state index is 12.1. The molecule has 0 N–H and O–H groups in total. The van der Waals surface area contributed by atoms with Gasteiger partial charge in [-0.3, -0.25) is 0 Å². The Morgan fingerprint density at radius 2 is 2.06 bits per heavy atom. The zero-order chi connectivity index (χ0) is 12.5. The molecule has 96 valence electrons. The molecule has 0 aromatic carbocycles. The molecule has 2 fully saturated rings. The van der Waals surface area contributed by atoms with Gasteiger partial charge in [-0.25, -0.2) is 18.2 Å². The average Bonchev–Trinajstić information content (AvgIpc) is 3.01. The number of isocyanates is 1. The number of nitrogens with zero attached hydrogens (tertiary/aromatic N) is 2. The highest BCUT2D eigenvalue weighted by atomic mass is 32.2. The van der Waals surface area contributed by atoms with Crippen molar-refractivity contribution in [2.24, 2.45) is 10.9 Å². The fraction of sp³-hybridized carbons (Fsp3) is 0.909. The van der Waals surface area contributed by atoms with Gasteiger partial charge in [0.1, 0.15) is 0 Å². The van der Waals surface area contributed by atoms with Gasteiger partial charge in [-0.1, -0.05) is 0 Å². The topological polar surface area (TPSA) is 66.8 Å². The number of sulfonamides is 1. The number of hydrogen-bond acceptors (Lipinski definition) is 4. The lowest BCUT2D eigenvalue weighted by molar-refractivity contribution is 0.247. The molecule has 0 spiro atoms. The Balaban J connectivity index is 2.00. The molecule has 5 nitrogen and oxygen atoms in total. The van der Waals surface area contributed by atoms with Crippen LogP contribution in [-0.2, 0) is 14.8 Å². The first-order chi connectivity index (χ1) is 8.03. The molecule has 0 aromatic rings. The summed E-state index contributed by atoms with van der Waals surface area (Å²) in [5, 5.41) is 0. The van der Waals surface area contributed by atoms with E-state index < -0.39 is 10.0 Å². The number of piperidine rings is 1. The maximum absolute atomic E-state index is 12.1. The Labute approximate surface area is 102 Å². The molecule has 6 heteroatoms. The van der Waals surface area contributed by atoms with Crippen LogP contribution in [0.5, 0.6) is 0 Å². The van der Waals surface area contributed by atoms with Crippen molar-refractivity contribution in [3.05, 3.63) is 0 Å². The van der Waals surface area contributed by atoms with Crippen molar-refractivity contribution in [1.29, 1.82) is 0 Å². The maximum Gasteiger partial charge on any atom is 0.235 e. The summed E-state index contributed by atoms with van der Waals surface area (Å²) >= 11 is 0. The fourth-order valence-corrected chi connectivity index (χ4v) is 4.55. The molecule has 1 aliphatic heterocycles. The summed E-state index contributed by atoms with van der Waals surface area (Å²) in [6.07, 6.45) is 4.90. The predicted molar refractivity (Wildman–Crippen MR) is 63.8 cm³/mol. The second kappa shape index (κ2) is 4.88.